The van der Waals surface area contributed by atoms with Gasteiger partial charge in [0.05, 0.1) is 17.4 Å². The van der Waals surface area contributed by atoms with Crippen LogP contribution < -0.4 is 0 Å². The number of hydrogen-bond acceptors (Lipinski definition) is 5. The average molecular weight is 316 g/mol. The molecule has 5 heteroatoms. The second-order valence-electron chi connectivity index (χ2n) is 5.68. The van der Waals surface area contributed by atoms with Crippen molar-refractivity contribution >= 4 is 16.5 Å². The number of benzene rings is 1. The Labute approximate surface area is 139 Å². The number of hydrogen-bond donors (Lipinski definition) is 1. The Morgan fingerprint density at radius 3 is 2.62 bits per heavy atom. The fourth-order valence-corrected chi connectivity index (χ4v) is 3.24. The molecule has 0 spiro atoms. The molecule has 1 aliphatic heterocycles. The van der Waals surface area contributed by atoms with Crippen LogP contribution in [0.15, 0.2) is 77.4 Å². The topological polar surface area (TPSA) is 70.7 Å². The SMILES string of the molecule is OCCC1(c2ccccn2)N=NC=C1c1ccnc2ccccc12. The van der Waals surface area contributed by atoms with Crippen LogP contribution in [0.3, 0.4) is 0 Å². The van der Waals surface area contributed by atoms with Gasteiger partial charge in [-0.15, -0.1) is 0 Å². The van der Waals surface area contributed by atoms with Gasteiger partial charge in [0.15, 0.2) is 5.54 Å². The second-order valence-corrected chi connectivity index (χ2v) is 5.68. The van der Waals surface area contributed by atoms with Crippen molar-refractivity contribution in [2.45, 2.75) is 12.0 Å². The highest BCUT2D eigenvalue weighted by Crippen LogP contribution is 2.46. The lowest BCUT2D eigenvalue weighted by Gasteiger charge is -2.27. The van der Waals surface area contributed by atoms with Gasteiger partial charge in [0.25, 0.3) is 0 Å². The summed E-state index contributed by atoms with van der Waals surface area (Å²) in [7, 11) is 0. The zero-order chi connectivity index (χ0) is 16.4. The first-order valence-corrected chi connectivity index (χ1v) is 7.84. The number of aromatic nitrogens is 2. The lowest BCUT2D eigenvalue weighted by Crippen LogP contribution is -2.26. The zero-order valence-electron chi connectivity index (χ0n) is 13.0. The molecule has 5 nitrogen and oxygen atoms in total. The molecule has 1 unspecified atom stereocenters. The molecule has 0 fully saturated rings. The van der Waals surface area contributed by atoms with E-state index in [-0.39, 0.29) is 6.61 Å². The quantitative estimate of drug-likeness (QED) is 0.797. The minimum Gasteiger partial charge on any atom is -0.396 e. The first kappa shape index (κ1) is 14.7. The van der Waals surface area contributed by atoms with Gasteiger partial charge < -0.3 is 5.11 Å². The molecule has 0 amide bonds. The summed E-state index contributed by atoms with van der Waals surface area (Å²) < 4.78 is 0. The summed E-state index contributed by atoms with van der Waals surface area (Å²) in [5.74, 6) is 0. The smallest absolute Gasteiger partial charge is 0.153 e. The summed E-state index contributed by atoms with van der Waals surface area (Å²) >= 11 is 0. The number of fused-ring (bicyclic) bond motifs is 1. The van der Waals surface area contributed by atoms with E-state index in [2.05, 4.69) is 20.2 Å². The number of aliphatic hydroxyl groups is 1. The Morgan fingerprint density at radius 1 is 0.917 bits per heavy atom. The summed E-state index contributed by atoms with van der Waals surface area (Å²) in [4.78, 5) is 8.91. The maximum Gasteiger partial charge on any atom is 0.153 e. The third-order valence-corrected chi connectivity index (χ3v) is 4.36. The third kappa shape index (κ3) is 2.21. The van der Waals surface area contributed by atoms with Gasteiger partial charge in [-0.05, 0) is 29.8 Å². The lowest BCUT2D eigenvalue weighted by molar-refractivity contribution is 0.259. The third-order valence-electron chi connectivity index (χ3n) is 4.36. The Hall–Kier alpha value is -2.92. The van der Waals surface area contributed by atoms with Crippen molar-refractivity contribution in [1.29, 1.82) is 0 Å². The van der Waals surface area contributed by atoms with E-state index in [1.54, 1.807) is 18.6 Å². The minimum atomic E-state index is -0.764. The molecular weight excluding hydrogens is 300 g/mol. The molecule has 24 heavy (non-hydrogen) atoms. The van der Waals surface area contributed by atoms with Gasteiger partial charge >= 0.3 is 0 Å². The number of pyridine rings is 2. The van der Waals surface area contributed by atoms with Gasteiger partial charge in [-0.2, -0.15) is 10.2 Å². The van der Waals surface area contributed by atoms with Crippen molar-refractivity contribution in [2.75, 3.05) is 6.61 Å². The summed E-state index contributed by atoms with van der Waals surface area (Å²) in [6.45, 7) is -0.00402. The zero-order valence-corrected chi connectivity index (χ0v) is 13.0. The first-order valence-electron chi connectivity index (χ1n) is 7.84. The van der Waals surface area contributed by atoms with Crippen LogP contribution in [-0.4, -0.2) is 21.7 Å². The second kappa shape index (κ2) is 5.94. The minimum absolute atomic E-state index is 0.00402. The van der Waals surface area contributed by atoms with Gasteiger partial charge in [0.2, 0.25) is 0 Å². The largest absolute Gasteiger partial charge is 0.396 e. The molecular formula is C19H16N4O. The van der Waals surface area contributed by atoms with Gasteiger partial charge in [0, 0.05) is 36.4 Å². The summed E-state index contributed by atoms with van der Waals surface area (Å²) in [5, 5.41) is 19.4. The molecule has 0 aliphatic carbocycles. The highest BCUT2D eigenvalue weighted by Gasteiger charge is 2.41. The predicted octanol–water partition coefficient (Wildman–Crippen LogP) is 3.71. The van der Waals surface area contributed by atoms with E-state index in [1.807, 2.05) is 48.5 Å². The highest BCUT2D eigenvalue weighted by molar-refractivity contribution is 5.94. The normalized spacial score (nSPS) is 19.6. The van der Waals surface area contributed by atoms with Crippen LogP contribution >= 0.6 is 0 Å². The summed E-state index contributed by atoms with van der Waals surface area (Å²) in [6.07, 6.45) is 5.73. The monoisotopic (exact) mass is 316 g/mol. The number of nitrogens with zero attached hydrogens (tertiary/aromatic N) is 4. The van der Waals surface area contributed by atoms with E-state index in [9.17, 15) is 5.11 Å². The molecule has 2 aromatic heterocycles. The molecule has 118 valence electrons. The molecule has 0 radical (unpaired) electrons. The van der Waals surface area contributed by atoms with Crippen LogP contribution in [0.25, 0.3) is 16.5 Å². The van der Waals surface area contributed by atoms with E-state index in [0.717, 1.165) is 27.7 Å². The highest BCUT2D eigenvalue weighted by atomic mass is 16.3. The molecule has 1 N–H and O–H groups in total. The fourth-order valence-electron chi connectivity index (χ4n) is 3.24. The first-order chi connectivity index (χ1) is 11.8. The van der Waals surface area contributed by atoms with Crippen molar-refractivity contribution in [1.82, 2.24) is 9.97 Å². The molecule has 0 saturated heterocycles. The molecule has 1 atom stereocenters. The maximum atomic E-state index is 9.66. The standard InChI is InChI=1S/C19H16N4O/c24-12-9-19(18-7-3-4-10-21-18)16(13-22-23-19)14-8-11-20-17-6-2-1-5-15(14)17/h1-8,10-11,13,24H,9,12H2. The Kier molecular flexibility index (Phi) is 3.63. The van der Waals surface area contributed by atoms with E-state index in [1.165, 1.54) is 0 Å². The van der Waals surface area contributed by atoms with Gasteiger partial charge in [-0.25, -0.2) is 0 Å². The van der Waals surface area contributed by atoms with Crippen LogP contribution in [0.4, 0.5) is 0 Å². The Balaban J connectivity index is 1.93. The van der Waals surface area contributed by atoms with E-state index in [4.69, 9.17) is 0 Å². The molecule has 1 aliphatic rings. The van der Waals surface area contributed by atoms with Gasteiger partial charge in [-0.1, -0.05) is 24.3 Å². The average Bonchev–Trinajstić information content (AvgIpc) is 3.07. The molecule has 0 bridgehead atoms. The molecule has 4 rings (SSSR count). The van der Waals surface area contributed by atoms with Gasteiger partial charge in [-0.3, -0.25) is 9.97 Å². The van der Waals surface area contributed by atoms with Crippen molar-refractivity contribution in [3.63, 3.8) is 0 Å². The number of rotatable bonds is 4. The predicted molar refractivity (Wildman–Crippen MR) is 92.2 cm³/mol. The molecule has 3 aromatic rings. The molecule has 1 aromatic carbocycles. The summed E-state index contributed by atoms with van der Waals surface area (Å²) in [5.41, 5.74) is 2.90. The maximum absolute atomic E-state index is 9.66. The Bertz CT molecular complexity index is 931. The summed E-state index contributed by atoms with van der Waals surface area (Å²) in [6, 6.07) is 15.7. The van der Waals surface area contributed by atoms with E-state index in [0.29, 0.717) is 6.42 Å². The van der Waals surface area contributed by atoms with Crippen LogP contribution in [-0.2, 0) is 5.54 Å². The van der Waals surface area contributed by atoms with Crippen molar-refractivity contribution in [3.05, 3.63) is 78.4 Å². The Morgan fingerprint density at radius 2 is 1.79 bits per heavy atom. The number of para-hydroxylation sites is 1. The molecule has 3 heterocycles. The van der Waals surface area contributed by atoms with Gasteiger partial charge in [0.1, 0.15) is 0 Å². The van der Waals surface area contributed by atoms with Crippen molar-refractivity contribution in [2.24, 2.45) is 10.2 Å². The van der Waals surface area contributed by atoms with Crippen molar-refractivity contribution in [3.8, 4) is 0 Å². The van der Waals surface area contributed by atoms with Crippen LogP contribution in [0.5, 0.6) is 0 Å². The lowest BCUT2D eigenvalue weighted by atomic mass is 9.80. The van der Waals surface area contributed by atoms with E-state index < -0.39 is 5.54 Å². The molecule has 0 saturated carbocycles. The number of azo groups is 1. The number of aliphatic hydroxyl groups excluding tert-OH is 1. The van der Waals surface area contributed by atoms with Crippen molar-refractivity contribution < 1.29 is 5.11 Å². The fraction of sp³-hybridized carbons (Fsp3) is 0.158. The van der Waals surface area contributed by atoms with Crippen LogP contribution in [0.1, 0.15) is 17.7 Å². The van der Waals surface area contributed by atoms with Crippen LogP contribution in [0.2, 0.25) is 0 Å². The van der Waals surface area contributed by atoms with Crippen LogP contribution in [0, 0.1) is 0 Å². The van der Waals surface area contributed by atoms with E-state index >= 15 is 0 Å².